The molecule has 2 heterocycles. The maximum absolute atomic E-state index is 5.09. The SMILES string of the molecule is CCCC1CCN(c2c(CNCCOC)c(C)nn2C)C1. The monoisotopic (exact) mass is 294 g/mol. The van der Waals surface area contributed by atoms with E-state index in [-0.39, 0.29) is 0 Å². The quantitative estimate of drug-likeness (QED) is 0.746. The summed E-state index contributed by atoms with van der Waals surface area (Å²) < 4.78 is 7.15. The number of nitrogens with one attached hydrogen (secondary N) is 1. The van der Waals surface area contributed by atoms with E-state index < -0.39 is 0 Å². The number of rotatable bonds is 8. The summed E-state index contributed by atoms with van der Waals surface area (Å²) in [5.41, 5.74) is 2.47. The lowest BCUT2D eigenvalue weighted by molar-refractivity contribution is 0.199. The van der Waals surface area contributed by atoms with Crippen molar-refractivity contribution in [2.45, 2.75) is 39.7 Å². The van der Waals surface area contributed by atoms with Crippen LogP contribution in [0.1, 0.15) is 37.4 Å². The standard InChI is InChI=1S/C16H30N4O/c1-5-6-14-7-9-20(12-14)16-15(11-17-8-10-21-4)13(2)18-19(16)3/h14,17H,5-12H2,1-4H3. The Bertz CT molecular complexity index is 444. The summed E-state index contributed by atoms with van der Waals surface area (Å²) in [7, 11) is 3.80. The molecule has 0 aromatic carbocycles. The molecular formula is C16H30N4O. The molecule has 1 fully saturated rings. The van der Waals surface area contributed by atoms with E-state index in [1.807, 2.05) is 0 Å². The van der Waals surface area contributed by atoms with Crippen LogP contribution >= 0.6 is 0 Å². The fraction of sp³-hybridized carbons (Fsp3) is 0.812. The molecule has 5 nitrogen and oxygen atoms in total. The summed E-state index contributed by atoms with van der Waals surface area (Å²) in [5, 5.41) is 8.08. The zero-order chi connectivity index (χ0) is 15.2. The number of methoxy groups -OCH3 is 1. The van der Waals surface area contributed by atoms with Gasteiger partial charge < -0.3 is 15.0 Å². The summed E-state index contributed by atoms with van der Waals surface area (Å²) in [4.78, 5) is 2.52. The van der Waals surface area contributed by atoms with Crippen LogP contribution in [0.5, 0.6) is 0 Å². The van der Waals surface area contributed by atoms with Crippen LogP contribution in [0, 0.1) is 12.8 Å². The van der Waals surface area contributed by atoms with Gasteiger partial charge in [-0.1, -0.05) is 13.3 Å². The van der Waals surface area contributed by atoms with Crippen molar-refractivity contribution in [2.75, 3.05) is 38.3 Å². The van der Waals surface area contributed by atoms with Crippen molar-refractivity contribution in [1.82, 2.24) is 15.1 Å². The molecule has 21 heavy (non-hydrogen) atoms. The molecule has 0 spiro atoms. The minimum atomic E-state index is 0.747. The third-order valence-electron chi connectivity index (χ3n) is 4.38. The topological polar surface area (TPSA) is 42.3 Å². The highest BCUT2D eigenvalue weighted by atomic mass is 16.5. The maximum atomic E-state index is 5.09. The van der Waals surface area contributed by atoms with Gasteiger partial charge in [-0.05, 0) is 25.7 Å². The van der Waals surface area contributed by atoms with Crippen LogP contribution in [0.4, 0.5) is 5.82 Å². The van der Waals surface area contributed by atoms with E-state index in [0.29, 0.717) is 0 Å². The van der Waals surface area contributed by atoms with Gasteiger partial charge in [0.1, 0.15) is 5.82 Å². The lowest BCUT2D eigenvalue weighted by atomic mass is 10.0. The molecule has 1 aromatic rings. The predicted molar refractivity (Wildman–Crippen MR) is 86.8 cm³/mol. The number of hydrogen-bond donors (Lipinski definition) is 1. The predicted octanol–water partition coefficient (Wildman–Crippen LogP) is 2.09. The Balaban J connectivity index is 2.04. The van der Waals surface area contributed by atoms with Gasteiger partial charge >= 0.3 is 0 Å². The van der Waals surface area contributed by atoms with E-state index in [1.54, 1.807) is 7.11 Å². The molecule has 0 amide bonds. The normalized spacial score (nSPS) is 18.7. The van der Waals surface area contributed by atoms with Crippen LogP contribution in [-0.4, -0.2) is 43.1 Å². The number of ether oxygens (including phenoxy) is 1. The van der Waals surface area contributed by atoms with E-state index in [1.165, 1.54) is 37.2 Å². The Morgan fingerprint density at radius 2 is 2.24 bits per heavy atom. The second kappa shape index (κ2) is 7.80. The number of aryl methyl sites for hydroxylation is 2. The molecule has 1 saturated heterocycles. The lowest BCUT2D eigenvalue weighted by Gasteiger charge is -2.21. The van der Waals surface area contributed by atoms with Gasteiger partial charge in [-0.3, -0.25) is 4.68 Å². The van der Waals surface area contributed by atoms with Crippen LogP contribution in [0.15, 0.2) is 0 Å². The molecular weight excluding hydrogens is 264 g/mol. The molecule has 1 unspecified atom stereocenters. The molecule has 1 aliphatic heterocycles. The van der Waals surface area contributed by atoms with Crippen molar-refractivity contribution < 1.29 is 4.74 Å². The first-order valence-electron chi connectivity index (χ1n) is 8.14. The Kier molecular flexibility index (Phi) is 6.06. The highest BCUT2D eigenvalue weighted by molar-refractivity contribution is 5.51. The Labute approximate surface area is 128 Å². The molecule has 0 saturated carbocycles. The fourth-order valence-corrected chi connectivity index (χ4v) is 3.35. The molecule has 0 radical (unpaired) electrons. The van der Waals surface area contributed by atoms with E-state index in [0.717, 1.165) is 37.9 Å². The van der Waals surface area contributed by atoms with Gasteiger partial charge in [0.2, 0.25) is 0 Å². The van der Waals surface area contributed by atoms with Gasteiger partial charge in [0, 0.05) is 45.9 Å². The van der Waals surface area contributed by atoms with Gasteiger partial charge in [0.25, 0.3) is 0 Å². The van der Waals surface area contributed by atoms with Crippen LogP contribution in [-0.2, 0) is 18.3 Å². The summed E-state index contributed by atoms with van der Waals surface area (Å²) in [6, 6.07) is 0. The van der Waals surface area contributed by atoms with E-state index >= 15 is 0 Å². The second-order valence-corrected chi connectivity index (χ2v) is 6.07. The zero-order valence-corrected chi connectivity index (χ0v) is 14.0. The molecule has 1 aliphatic rings. The van der Waals surface area contributed by atoms with Gasteiger partial charge in [0.05, 0.1) is 12.3 Å². The van der Waals surface area contributed by atoms with E-state index in [2.05, 4.69) is 40.9 Å². The van der Waals surface area contributed by atoms with Crippen molar-refractivity contribution in [2.24, 2.45) is 13.0 Å². The minimum absolute atomic E-state index is 0.747. The third-order valence-corrected chi connectivity index (χ3v) is 4.38. The third kappa shape index (κ3) is 3.98. The largest absolute Gasteiger partial charge is 0.383 e. The maximum Gasteiger partial charge on any atom is 0.131 e. The molecule has 2 rings (SSSR count). The van der Waals surface area contributed by atoms with Crippen LogP contribution in [0.2, 0.25) is 0 Å². The average molecular weight is 294 g/mol. The van der Waals surface area contributed by atoms with Gasteiger partial charge in [-0.2, -0.15) is 5.10 Å². The summed E-state index contributed by atoms with van der Waals surface area (Å²) >= 11 is 0. The fourth-order valence-electron chi connectivity index (χ4n) is 3.35. The first-order valence-corrected chi connectivity index (χ1v) is 8.14. The molecule has 1 atom stereocenters. The van der Waals surface area contributed by atoms with Gasteiger partial charge in [-0.25, -0.2) is 0 Å². The Hall–Kier alpha value is -1.07. The van der Waals surface area contributed by atoms with Gasteiger partial charge in [0.15, 0.2) is 0 Å². The van der Waals surface area contributed by atoms with E-state index in [9.17, 15) is 0 Å². The second-order valence-electron chi connectivity index (χ2n) is 6.07. The van der Waals surface area contributed by atoms with Crippen molar-refractivity contribution in [3.8, 4) is 0 Å². The molecule has 0 bridgehead atoms. The van der Waals surface area contributed by atoms with Crippen LogP contribution in [0.3, 0.4) is 0 Å². The van der Waals surface area contributed by atoms with Crippen molar-refractivity contribution in [3.05, 3.63) is 11.3 Å². The number of nitrogens with zero attached hydrogens (tertiary/aromatic N) is 3. The molecule has 1 aromatic heterocycles. The smallest absolute Gasteiger partial charge is 0.131 e. The van der Waals surface area contributed by atoms with E-state index in [4.69, 9.17) is 4.74 Å². The molecule has 5 heteroatoms. The van der Waals surface area contributed by atoms with Crippen LogP contribution < -0.4 is 10.2 Å². The molecule has 120 valence electrons. The lowest BCUT2D eigenvalue weighted by Crippen LogP contribution is -2.25. The molecule has 1 N–H and O–H groups in total. The highest BCUT2D eigenvalue weighted by Gasteiger charge is 2.26. The van der Waals surface area contributed by atoms with Crippen molar-refractivity contribution in [1.29, 1.82) is 0 Å². The van der Waals surface area contributed by atoms with Crippen LogP contribution in [0.25, 0.3) is 0 Å². The number of anilines is 1. The summed E-state index contributed by atoms with van der Waals surface area (Å²) in [5.74, 6) is 2.15. The minimum Gasteiger partial charge on any atom is -0.383 e. The number of hydrogen-bond acceptors (Lipinski definition) is 4. The summed E-state index contributed by atoms with van der Waals surface area (Å²) in [6.07, 6.45) is 3.94. The zero-order valence-electron chi connectivity index (χ0n) is 14.0. The average Bonchev–Trinajstić information content (AvgIpc) is 3.00. The van der Waals surface area contributed by atoms with Crippen molar-refractivity contribution in [3.63, 3.8) is 0 Å². The van der Waals surface area contributed by atoms with Crippen molar-refractivity contribution >= 4 is 5.82 Å². The Morgan fingerprint density at radius 3 is 2.95 bits per heavy atom. The highest BCUT2D eigenvalue weighted by Crippen LogP contribution is 2.30. The van der Waals surface area contributed by atoms with Gasteiger partial charge in [-0.15, -0.1) is 0 Å². The first-order chi connectivity index (χ1) is 10.2. The Morgan fingerprint density at radius 1 is 1.43 bits per heavy atom. The number of aromatic nitrogens is 2. The molecule has 0 aliphatic carbocycles. The first kappa shape index (κ1) is 16.3. The summed E-state index contributed by atoms with van der Waals surface area (Å²) in [6.45, 7) is 9.22.